The zero-order valence-corrected chi connectivity index (χ0v) is 32.3. The van der Waals surface area contributed by atoms with Crippen molar-refractivity contribution in [3.63, 3.8) is 0 Å². The third-order valence-corrected chi connectivity index (χ3v) is 11.4. The van der Waals surface area contributed by atoms with E-state index in [9.17, 15) is 19.8 Å². The van der Waals surface area contributed by atoms with E-state index in [-0.39, 0.29) is 35.9 Å². The Balaban J connectivity index is 1.23. The summed E-state index contributed by atoms with van der Waals surface area (Å²) in [5.74, 6) is 12.2. The zero-order chi connectivity index (χ0) is 39.0. The number of hydrogen-bond donors (Lipinski definition) is 3. The van der Waals surface area contributed by atoms with E-state index < -0.39 is 42.4 Å². The highest BCUT2D eigenvalue weighted by molar-refractivity contribution is 6.15. The zero-order valence-electron chi connectivity index (χ0n) is 32.3. The van der Waals surface area contributed by atoms with Crippen LogP contribution in [-0.2, 0) is 23.7 Å². The number of benzene rings is 1. The molecule has 7 unspecified atom stereocenters. The van der Waals surface area contributed by atoms with Crippen molar-refractivity contribution in [2.24, 2.45) is 23.7 Å². The molecule has 4 heterocycles. The number of hydrogen-bond acceptors (Lipinski definition) is 9. The Kier molecular flexibility index (Phi) is 11.2. The van der Waals surface area contributed by atoms with Crippen LogP contribution in [0.2, 0.25) is 0 Å². The third-order valence-electron chi connectivity index (χ3n) is 11.4. The number of pyridine rings is 1. The van der Waals surface area contributed by atoms with Gasteiger partial charge in [0.2, 0.25) is 0 Å². The summed E-state index contributed by atoms with van der Waals surface area (Å²) in [6.45, 7) is 12.7. The summed E-state index contributed by atoms with van der Waals surface area (Å²) < 4.78 is 26.5. The monoisotopic (exact) mass is 746 g/mol. The topological polar surface area (TPSA) is 140 Å². The highest BCUT2D eigenvalue weighted by atomic mass is 16.7. The van der Waals surface area contributed by atoms with Crippen molar-refractivity contribution >= 4 is 33.4 Å². The van der Waals surface area contributed by atoms with Crippen molar-refractivity contribution in [3.05, 3.63) is 71.1 Å². The molecule has 3 N–H and O–H groups in total. The molecule has 2 fully saturated rings. The van der Waals surface area contributed by atoms with Gasteiger partial charge in [0.1, 0.15) is 23.7 Å². The Morgan fingerprint density at radius 3 is 2.71 bits per heavy atom. The molecule has 0 radical (unpaired) electrons. The van der Waals surface area contributed by atoms with Crippen LogP contribution in [0.3, 0.4) is 0 Å². The number of rotatable bonds is 9. The summed E-state index contributed by atoms with van der Waals surface area (Å²) in [6.07, 6.45) is 5.01. The standard InChI is InChI=1S/C45H50N2O8/c1-7-12-34-40-27(5)36(49)23-45(34,51)17-11-9-8-10-13-37(40)55-44-38(54-39-20-26(4)29(24-52-39)19-25(2)3)22-32(28(6)53-44)43(50)42-41-31(16-18-46-42)33-21-30(48)14-15-35(33)47-41/h8-9,12,14-16,18,21,25-26,28-29,32,37-39,44,47-48,51H,7,19-20,22-24H2,1-6H3/b9-8-,34-12+/t26?,28?,29?,32?,37-,38?,39?,44?,45-/m0/s1. The number of H-pyrrole nitrogens is 1. The maximum atomic E-state index is 14.6. The molecule has 0 saturated carbocycles. The quantitative estimate of drug-likeness (QED) is 0.155. The molecule has 2 aliphatic carbocycles. The molecule has 2 aliphatic heterocycles. The van der Waals surface area contributed by atoms with Gasteiger partial charge in [-0.25, -0.2) is 0 Å². The van der Waals surface area contributed by atoms with Crippen LogP contribution in [0.15, 0.2) is 65.4 Å². The second kappa shape index (κ2) is 15.9. The van der Waals surface area contributed by atoms with Crippen LogP contribution in [0, 0.1) is 47.4 Å². The number of Topliss-reactive ketones (excluding diaryl/α,β-unsaturated/α-hetero) is 2. The molecule has 7 rings (SSSR count). The summed E-state index contributed by atoms with van der Waals surface area (Å²) in [5.41, 5.74) is 1.31. The van der Waals surface area contributed by atoms with Gasteiger partial charge < -0.3 is 34.1 Å². The van der Waals surface area contributed by atoms with Gasteiger partial charge in [-0.05, 0) is 98.4 Å². The Hall–Kier alpha value is -4.55. The van der Waals surface area contributed by atoms with E-state index >= 15 is 0 Å². The number of fused-ring (bicyclic) bond motifs is 5. The van der Waals surface area contributed by atoms with Gasteiger partial charge >= 0.3 is 0 Å². The van der Waals surface area contributed by atoms with Crippen LogP contribution >= 0.6 is 0 Å². The van der Waals surface area contributed by atoms with E-state index in [1.165, 1.54) is 0 Å². The fourth-order valence-electron chi connectivity index (χ4n) is 8.48. The lowest BCUT2D eigenvalue weighted by atomic mass is 9.73. The highest BCUT2D eigenvalue weighted by Crippen LogP contribution is 2.42. The van der Waals surface area contributed by atoms with Gasteiger partial charge in [-0.1, -0.05) is 57.5 Å². The summed E-state index contributed by atoms with van der Waals surface area (Å²) in [7, 11) is 0. The number of aromatic amines is 1. The van der Waals surface area contributed by atoms with Crippen LogP contribution in [0.5, 0.6) is 5.75 Å². The molecular formula is C45H50N2O8. The number of carbonyl (C=O) groups excluding carboxylic acids is 2. The van der Waals surface area contributed by atoms with E-state index in [0.29, 0.717) is 59.4 Å². The largest absolute Gasteiger partial charge is 0.508 e. The number of phenols is 1. The van der Waals surface area contributed by atoms with E-state index in [0.717, 1.165) is 22.7 Å². The molecule has 2 aromatic heterocycles. The molecule has 2 saturated heterocycles. The molecule has 2 bridgehead atoms. The van der Waals surface area contributed by atoms with Gasteiger partial charge in [0.05, 0.1) is 30.6 Å². The van der Waals surface area contributed by atoms with Crippen molar-refractivity contribution in [1.29, 1.82) is 0 Å². The van der Waals surface area contributed by atoms with E-state index in [1.54, 1.807) is 43.5 Å². The van der Waals surface area contributed by atoms with Gasteiger partial charge in [0.15, 0.2) is 29.7 Å². The number of ketones is 2. The molecule has 10 nitrogen and oxygen atoms in total. The van der Waals surface area contributed by atoms with Crippen molar-refractivity contribution in [1.82, 2.24) is 9.97 Å². The van der Waals surface area contributed by atoms with E-state index in [2.05, 4.69) is 54.4 Å². The maximum Gasteiger partial charge on any atom is 0.189 e. The minimum Gasteiger partial charge on any atom is -0.508 e. The highest BCUT2D eigenvalue weighted by Gasteiger charge is 2.47. The first-order valence-corrected chi connectivity index (χ1v) is 19.4. The van der Waals surface area contributed by atoms with Crippen LogP contribution in [0.1, 0.15) is 84.1 Å². The van der Waals surface area contributed by atoms with Crippen molar-refractivity contribution in [3.8, 4) is 29.4 Å². The SMILES string of the molecule is CC/C=C1\C2=C(C)C(=O)C[C@@]1(O)C#C/C=C\C#C[C@@H]2OC1OC(C)C(C(=O)c2nccc3c2[nH]c2ccc(O)cc23)CC1OC1CC(C)C(CC(C)C)CO1. The lowest BCUT2D eigenvalue weighted by molar-refractivity contribution is -0.303. The molecular weight excluding hydrogens is 697 g/mol. The Morgan fingerprint density at radius 2 is 1.95 bits per heavy atom. The van der Waals surface area contributed by atoms with E-state index in [4.69, 9.17) is 18.9 Å². The number of aliphatic hydroxyl groups is 1. The second-order valence-corrected chi connectivity index (χ2v) is 15.8. The van der Waals surface area contributed by atoms with Crippen molar-refractivity contribution in [2.45, 2.75) is 110 Å². The average molecular weight is 747 g/mol. The Labute approximate surface area is 322 Å². The normalized spacial score (nSPS) is 32.3. The maximum absolute atomic E-state index is 14.6. The number of nitrogens with zero attached hydrogens (tertiary/aromatic N) is 1. The summed E-state index contributed by atoms with van der Waals surface area (Å²) in [4.78, 5) is 35.9. The number of aromatic nitrogens is 2. The predicted octanol–water partition coefficient (Wildman–Crippen LogP) is 7.10. The van der Waals surface area contributed by atoms with Crippen molar-refractivity contribution < 1.29 is 38.7 Å². The number of ether oxygens (including phenoxy) is 4. The fraction of sp³-hybridized carbons (Fsp3) is 0.489. The smallest absolute Gasteiger partial charge is 0.189 e. The number of nitrogens with one attached hydrogen (secondary N) is 1. The van der Waals surface area contributed by atoms with Gasteiger partial charge in [0, 0.05) is 34.5 Å². The molecule has 3 aromatic rings. The lowest BCUT2D eigenvalue weighted by Crippen LogP contribution is -2.52. The summed E-state index contributed by atoms with van der Waals surface area (Å²) in [5, 5.41) is 23.6. The Bertz CT molecular complexity index is 2210. The second-order valence-electron chi connectivity index (χ2n) is 15.8. The van der Waals surface area contributed by atoms with Gasteiger partial charge in [-0.15, -0.1) is 0 Å². The van der Waals surface area contributed by atoms with Gasteiger partial charge in [-0.2, -0.15) is 0 Å². The molecule has 1 aromatic carbocycles. The first-order valence-electron chi connectivity index (χ1n) is 19.4. The fourth-order valence-corrected chi connectivity index (χ4v) is 8.48. The first-order chi connectivity index (χ1) is 26.4. The third kappa shape index (κ3) is 7.80. The van der Waals surface area contributed by atoms with Gasteiger partial charge in [0.25, 0.3) is 0 Å². The predicted molar refractivity (Wildman–Crippen MR) is 209 cm³/mol. The molecule has 0 amide bonds. The molecule has 0 spiro atoms. The minimum atomic E-state index is -1.71. The van der Waals surface area contributed by atoms with Crippen LogP contribution in [-0.4, -0.2) is 74.8 Å². The first kappa shape index (κ1) is 38.7. The van der Waals surface area contributed by atoms with Crippen LogP contribution in [0.4, 0.5) is 0 Å². The summed E-state index contributed by atoms with van der Waals surface area (Å²) in [6, 6.07) is 6.87. The molecule has 55 heavy (non-hydrogen) atoms. The summed E-state index contributed by atoms with van der Waals surface area (Å²) >= 11 is 0. The lowest BCUT2D eigenvalue weighted by Gasteiger charge is -2.43. The molecule has 288 valence electrons. The van der Waals surface area contributed by atoms with Crippen molar-refractivity contribution in [2.75, 3.05) is 6.61 Å². The minimum absolute atomic E-state index is 0.128. The van der Waals surface area contributed by atoms with E-state index in [1.807, 2.05) is 26.0 Å². The number of carbonyl (C=O) groups is 2. The molecule has 9 atom stereocenters. The Morgan fingerprint density at radius 1 is 1.15 bits per heavy atom. The van der Waals surface area contributed by atoms with Crippen LogP contribution < -0.4 is 0 Å². The number of aromatic hydroxyl groups is 1. The number of allylic oxidation sites excluding steroid dienone is 4. The van der Waals surface area contributed by atoms with Gasteiger partial charge in [-0.3, -0.25) is 14.6 Å². The molecule has 10 heteroatoms. The molecule has 4 aliphatic rings. The number of phenolic OH excluding ortho intramolecular Hbond substituents is 1. The van der Waals surface area contributed by atoms with Crippen LogP contribution in [0.25, 0.3) is 21.8 Å². The average Bonchev–Trinajstić information content (AvgIpc) is 3.51.